The Kier molecular flexibility index (Phi) is 7.69. The minimum absolute atomic E-state index is 0.00604. The number of rotatable bonds is 7. The summed E-state index contributed by atoms with van der Waals surface area (Å²) in [6, 6.07) is 13.8. The summed E-state index contributed by atoms with van der Waals surface area (Å²) in [4.78, 5) is 27.1. The fourth-order valence-electron chi connectivity index (χ4n) is 2.68. The molecule has 2 amide bonds. The summed E-state index contributed by atoms with van der Waals surface area (Å²) < 4.78 is 0. The smallest absolute Gasteiger partial charge is 0.242 e. The lowest BCUT2D eigenvalue weighted by Crippen LogP contribution is -2.49. The van der Waals surface area contributed by atoms with Gasteiger partial charge in [-0.2, -0.15) is 0 Å². The number of benzene rings is 2. The first-order chi connectivity index (χ1) is 12.8. The van der Waals surface area contributed by atoms with Gasteiger partial charge in [0.05, 0.1) is 6.42 Å². The second kappa shape index (κ2) is 9.77. The molecule has 0 spiro atoms. The van der Waals surface area contributed by atoms with E-state index in [1.807, 2.05) is 44.2 Å². The summed E-state index contributed by atoms with van der Waals surface area (Å²) in [7, 11) is 0. The van der Waals surface area contributed by atoms with Crippen molar-refractivity contribution in [1.29, 1.82) is 0 Å². The van der Waals surface area contributed by atoms with E-state index >= 15 is 0 Å². The second-order valence-electron chi connectivity index (χ2n) is 6.76. The van der Waals surface area contributed by atoms with Crippen molar-refractivity contribution in [2.24, 2.45) is 0 Å². The minimum atomic E-state index is -0.622. The van der Waals surface area contributed by atoms with Crippen LogP contribution in [0.15, 0.2) is 48.5 Å². The van der Waals surface area contributed by atoms with Crippen LogP contribution in [0.5, 0.6) is 0 Å². The van der Waals surface area contributed by atoms with Crippen molar-refractivity contribution in [3.63, 3.8) is 0 Å². The number of nitrogens with one attached hydrogen (secondary N) is 1. The van der Waals surface area contributed by atoms with E-state index in [0.29, 0.717) is 10.0 Å². The van der Waals surface area contributed by atoms with E-state index in [1.54, 1.807) is 30.0 Å². The topological polar surface area (TPSA) is 49.4 Å². The molecule has 27 heavy (non-hydrogen) atoms. The molecule has 2 aromatic rings. The van der Waals surface area contributed by atoms with Gasteiger partial charge in [-0.3, -0.25) is 9.59 Å². The third-order valence-corrected chi connectivity index (χ3v) is 4.79. The van der Waals surface area contributed by atoms with Gasteiger partial charge in [0.2, 0.25) is 11.8 Å². The molecule has 1 atom stereocenters. The first kappa shape index (κ1) is 21.3. The summed E-state index contributed by atoms with van der Waals surface area (Å²) in [6.07, 6.45) is 0.181. The van der Waals surface area contributed by atoms with Gasteiger partial charge in [0.25, 0.3) is 0 Å². The third kappa shape index (κ3) is 6.26. The standard InChI is InChI=1S/C21H24Cl2N2O2/c1-14(2)24-21(27)15(3)25(13-17-6-4-5-7-19(17)23)20(26)12-16-8-10-18(22)11-9-16/h4-11,14-15H,12-13H2,1-3H3,(H,24,27). The molecule has 0 aromatic heterocycles. The summed E-state index contributed by atoms with van der Waals surface area (Å²) in [5.41, 5.74) is 1.64. The van der Waals surface area contributed by atoms with Crippen LogP contribution in [0.3, 0.4) is 0 Å². The molecule has 0 bridgehead atoms. The first-order valence-electron chi connectivity index (χ1n) is 8.85. The van der Waals surface area contributed by atoms with Gasteiger partial charge in [0.15, 0.2) is 0 Å². The van der Waals surface area contributed by atoms with Crippen molar-refractivity contribution < 1.29 is 9.59 Å². The Labute approximate surface area is 170 Å². The van der Waals surface area contributed by atoms with Crippen molar-refractivity contribution in [2.45, 2.75) is 45.8 Å². The molecular weight excluding hydrogens is 383 g/mol. The van der Waals surface area contributed by atoms with Crippen molar-refractivity contribution in [3.8, 4) is 0 Å². The molecule has 144 valence electrons. The van der Waals surface area contributed by atoms with Gasteiger partial charge in [-0.15, -0.1) is 0 Å². The van der Waals surface area contributed by atoms with E-state index in [0.717, 1.165) is 11.1 Å². The van der Waals surface area contributed by atoms with Crippen LogP contribution in [0.4, 0.5) is 0 Å². The number of carbonyl (C=O) groups excluding carboxylic acids is 2. The van der Waals surface area contributed by atoms with E-state index in [-0.39, 0.29) is 30.8 Å². The highest BCUT2D eigenvalue weighted by Gasteiger charge is 2.27. The highest BCUT2D eigenvalue weighted by atomic mass is 35.5. The maximum atomic E-state index is 13.0. The Morgan fingerprint density at radius 1 is 1.00 bits per heavy atom. The number of carbonyl (C=O) groups is 2. The number of hydrogen-bond donors (Lipinski definition) is 1. The average Bonchev–Trinajstić information content (AvgIpc) is 2.61. The molecule has 0 aliphatic carbocycles. The molecule has 4 nitrogen and oxygen atoms in total. The largest absolute Gasteiger partial charge is 0.352 e. The predicted octanol–water partition coefficient (Wildman–Crippen LogP) is 4.48. The molecule has 6 heteroatoms. The molecule has 0 saturated carbocycles. The Morgan fingerprint density at radius 3 is 2.22 bits per heavy atom. The molecule has 0 fully saturated rings. The van der Waals surface area contributed by atoms with Gasteiger partial charge >= 0.3 is 0 Å². The van der Waals surface area contributed by atoms with Gasteiger partial charge in [0.1, 0.15) is 6.04 Å². The van der Waals surface area contributed by atoms with Crippen LogP contribution in [0.2, 0.25) is 10.0 Å². The first-order valence-corrected chi connectivity index (χ1v) is 9.61. The number of amides is 2. The predicted molar refractivity (Wildman–Crippen MR) is 110 cm³/mol. The number of hydrogen-bond acceptors (Lipinski definition) is 2. The van der Waals surface area contributed by atoms with Crippen LogP contribution < -0.4 is 5.32 Å². The highest BCUT2D eigenvalue weighted by Crippen LogP contribution is 2.20. The molecule has 0 saturated heterocycles. The summed E-state index contributed by atoms with van der Waals surface area (Å²) >= 11 is 12.2. The van der Waals surface area contributed by atoms with Crippen molar-refractivity contribution in [2.75, 3.05) is 0 Å². The van der Waals surface area contributed by atoms with Gasteiger partial charge in [-0.05, 0) is 50.1 Å². The molecular formula is C21H24Cl2N2O2. The fourth-order valence-corrected chi connectivity index (χ4v) is 3.00. The summed E-state index contributed by atoms with van der Waals surface area (Å²) in [5.74, 6) is -0.342. The Morgan fingerprint density at radius 2 is 1.63 bits per heavy atom. The average molecular weight is 407 g/mol. The monoisotopic (exact) mass is 406 g/mol. The Bertz CT molecular complexity index is 791. The zero-order valence-electron chi connectivity index (χ0n) is 15.7. The number of halogens is 2. The molecule has 1 unspecified atom stereocenters. The quantitative estimate of drug-likeness (QED) is 0.736. The Hall–Kier alpha value is -2.04. The van der Waals surface area contributed by atoms with Crippen LogP contribution in [-0.4, -0.2) is 28.8 Å². The van der Waals surface area contributed by atoms with Gasteiger partial charge < -0.3 is 10.2 Å². The normalized spacial score (nSPS) is 11.9. The Balaban J connectivity index is 2.24. The van der Waals surface area contributed by atoms with Crippen LogP contribution in [0.1, 0.15) is 31.9 Å². The van der Waals surface area contributed by atoms with Crippen LogP contribution >= 0.6 is 23.2 Å². The maximum absolute atomic E-state index is 13.0. The van der Waals surface area contributed by atoms with E-state index in [4.69, 9.17) is 23.2 Å². The maximum Gasteiger partial charge on any atom is 0.242 e. The van der Waals surface area contributed by atoms with Gasteiger partial charge in [0, 0.05) is 22.6 Å². The fraction of sp³-hybridized carbons (Fsp3) is 0.333. The highest BCUT2D eigenvalue weighted by molar-refractivity contribution is 6.31. The lowest BCUT2D eigenvalue weighted by Gasteiger charge is -2.29. The molecule has 2 rings (SSSR count). The summed E-state index contributed by atoms with van der Waals surface area (Å²) in [6.45, 7) is 5.77. The van der Waals surface area contributed by atoms with Crippen LogP contribution in [0, 0.1) is 0 Å². The second-order valence-corrected chi connectivity index (χ2v) is 7.60. The van der Waals surface area contributed by atoms with Crippen molar-refractivity contribution in [3.05, 3.63) is 69.7 Å². The third-order valence-electron chi connectivity index (χ3n) is 4.17. The lowest BCUT2D eigenvalue weighted by atomic mass is 10.1. The SMILES string of the molecule is CC(C)NC(=O)C(C)N(Cc1ccccc1Cl)C(=O)Cc1ccc(Cl)cc1. The molecule has 1 N–H and O–H groups in total. The van der Waals surface area contributed by atoms with E-state index < -0.39 is 6.04 Å². The van der Waals surface area contributed by atoms with E-state index in [9.17, 15) is 9.59 Å². The molecule has 0 heterocycles. The lowest BCUT2D eigenvalue weighted by molar-refractivity contribution is -0.140. The molecule has 2 aromatic carbocycles. The molecule has 0 aliphatic heterocycles. The van der Waals surface area contributed by atoms with Crippen molar-refractivity contribution >= 4 is 35.0 Å². The zero-order chi connectivity index (χ0) is 20.0. The van der Waals surface area contributed by atoms with E-state index in [2.05, 4.69) is 5.32 Å². The van der Waals surface area contributed by atoms with E-state index in [1.165, 1.54) is 0 Å². The summed E-state index contributed by atoms with van der Waals surface area (Å²) in [5, 5.41) is 4.05. The zero-order valence-corrected chi connectivity index (χ0v) is 17.2. The van der Waals surface area contributed by atoms with Crippen LogP contribution in [-0.2, 0) is 22.6 Å². The minimum Gasteiger partial charge on any atom is -0.352 e. The van der Waals surface area contributed by atoms with Crippen LogP contribution in [0.25, 0.3) is 0 Å². The van der Waals surface area contributed by atoms with Gasteiger partial charge in [-0.1, -0.05) is 53.5 Å². The number of nitrogens with zero attached hydrogens (tertiary/aromatic N) is 1. The van der Waals surface area contributed by atoms with Crippen molar-refractivity contribution in [1.82, 2.24) is 10.2 Å². The molecule has 0 aliphatic rings. The molecule has 0 radical (unpaired) electrons. The van der Waals surface area contributed by atoms with Gasteiger partial charge in [-0.25, -0.2) is 0 Å².